The van der Waals surface area contributed by atoms with Crippen LogP contribution in [0.2, 0.25) is 0 Å². The number of nitrogens with zero attached hydrogens (tertiary/aromatic N) is 1. The van der Waals surface area contributed by atoms with Crippen LogP contribution in [0.25, 0.3) is 0 Å². The number of aryl methyl sites for hydroxylation is 1. The second-order valence-corrected chi connectivity index (χ2v) is 9.48. The zero-order chi connectivity index (χ0) is 22.4. The molecule has 1 heterocycles. The molecule has 31 heavy (non-hydrogen) atoms. The summed E-state index contributed by atoms with van der Waals surface area (Å²) in [5, 5.41) is 2.76. The van der Waals surface area contributed by atoms with E-state index in [1.165, 1.54) is 23.5 Å². The molecule has 1 atom stereocenters. The molecule has 1 N–H and O–H groups in total. The van der Waals surface area contributed by atoms with Crippen LogP contribution in [0.3, 0.4) is 0 Å². The van der Waals surface area contributed by atoms with Crippen LogP contribution in [-0.2, 0) is 21.2 Å². The van der Waals surface area contributed by atoms with Crippen LogP contribution in [0.5, 0.6) is 11.5 Å². The molecule has 0 radical (unpaired) electrons. The molecule has 0 saturated carbocycles. The first kappa shape index (κ1) is 23.1. The van der Waals surface area contributed by atoms with Crippen molar-refractivity contribution in [2.24, 2.45) is 0 Å². The molecule has 1 aliphatic rings. The van der Waals surface area contributed by atoms with E-state index in [1.54, 1.807) is 13.0 Å². The summed E-state index contributed by atoms with van der Waals surface area (Å²) in [6.45, 7) is 4.70. The van der Waals surface area contributed by atoms with Crippen molar-refractivity contribution in [2.75, 3.05) is 25.5 Å². The molecule has 168 valence electrons. The molecule has 0 unspecified atom stereocenters. The van der Waals surface area contributed by atoms with Gasteiger partial charge in [-0.1, -0.05) is 31.5 Å². The van der Waals surface area contributed by atoms with E-state index in [1.807, 2.05) is 31.2 Å². The zero-order valence-corrected chi connectivity index (χ0v) is 19.1. The second-order valence-electron chi connectivity index (χ2n) is 7.54. The third kappa shape index (κ3) is 5.37. The number of amides is 1. The van der Waals surface area contributed by atoms with Crippen LogP contribution >= 0.6 is 0 Å². The van der Waals surface area contributed by atoms with Crippen molar-refractivity contribution in [1.29, 1.82) is 0 Å². The van der Waals surface area contributed by atoms with Crippen LogP contribution in [0.15, 0.2) is 47.4 Å². The number of rotatable bonds is 8. The van der Waals surface area contributed by atoms with Crippen molar-refractivity contribution in [2.45, 2.75) is 50.5 Å². The average Bonchev–Trinajstić information content (AvgIpc) is 2.79. The molecule has 0 spiro atoms. The number of nitrogens with one attached hydrogen (secondary N) is 1. The summed E-state index contributed by atoms with van der Waals surface area (Å²) in [6, 6.07) is 12.1. The summed E-state index contributed by atoms with van der Waals surface area (Å²) in [4.78, 5) is 12.9. The smallest absolute Gasteiger partial charge is 0.265 e. The van der Waals surface area contributed by atoms with Crippen molar-refractivity contribution < 1.29 is 22.7 Å². The Labute approximate surface area is 184 Å². The zero-order valence-electron chi connectivity index (χ0n) is 18.3. The van der Waals surface area contributed by atoms with Crippen molar-refractivity contribution in [1.82, 2.24) is 4.31 Å². The highest BCUT2D eigenvalue weighted by molar-refractivity contribution is 7.89. The molecule has 7 nitrogen and oxygen atoms in total. The molecule has 1 fully saturated rings. The lowest BCUT2D eigenvalue weighted by Gasteiger charge is -2.26. The summed E-state index contributed by atoms with van der Waals surface area (Å²) >= 11 is 0. The topological polar surface area (TPSA) is 84.9 Å². The fraction of sp³-hybridized carbons (Fsp3) is 0.435. The highest BCUT2D eigenvalue weighted by atomic mass is 32.2. The van der Waals surface area contributed by atoms with Crippen LogP contribution in [-0.4, -0.2) is 44.9 Å². The van der Waals surface area contributed by atoms with E-state index in [2.05, 4.69) is 5.32 Å². The Bertz CT molecular complexity index is 1020. The molecule has 3 rings (SSSR count). The largest absolute Gasteiger partial charge is 0.495 e. The fourth-order valence-corrected chi connectivity index (χ4v) is 5.13. The number of methoxy groups -OCH3 is 1. The minimum atomic E-state index is -3.63. The first-order valence-electron chi connectivity index (χ1n) is 10.6. The molecule has 0 bridgehead atoms. The number of anilines is 1. The summed E-state index contributed by atoms with van der Waals surface area (Å²) in [6.07, 6.45) is 2.75. The van der Waals surface area contributed by atoms with E-state index in [9.17, 15) is 13.2 Å². The van der Waals surface area contributed by atoms with Crippen molar-refractivity contribution >= 4 is 21.6 Å². The van der Waals surface area contributed by atoms with Gasteiger partial charge in [-0.3, -0.25) is 4.79 Å². The summed E-state index contributed by atoms with van der Waals surface area (Å²) in [5.41, 5.74) is 1.30. The molecule has 2 aromatic carbocycles. The minimum Gasteiger partial charge on any atom is -0.495 e. The lowest BCUT2D eigenvalue weighted by atomic mass is 10.1. The van der Waals surface area contributed by atoms with Gasteiger partial charge >= 0.3 is 0 Å². The van der Waals surface area contributed by atoms with E-state index in [0.29, 0.717) is 30.3 Å². The first-order valence-corrected chi connectivity index (χ1v) is 12.0. The number of piperidine rings is 1. The standard InChI is InChI=1S/C23H30N2O5S/c1-4-18-10-6-7-11-21(18)30-17(2)23(26)24-20-16-19(12-13-22(20)29-3)31(27,28)25-14-8-5-9-15-25/h6-7,10-13,16-17H,4-5,8-9,14-15H2,1-3H3,(H,24,26)/t17-/m0/s1. The monoisotopic (exact) mass is 446 g/mol. The van der Waals surface area contributed by atoms with Gasteiger partial charge in [0.25, 0.3) is 5.91 Å². The van der Waals surface area contributed by atoms with Crippen molar-refractivity contribution in [3.8, 4) is 11.5 Å². The predicted molar refractivity (Wildman–Crippen MR) is 120 cm³/mol. The normalized spacial score (nSPS) is 15.8. The van der Waals surface area contributed by atoms with Gasteiger partial charge in [-0.05, 0) is 56.0 Å². The van der Waals surface area contributed by atoms with Crippen LogP contribution in [0, 0.1) is 0 Å². The van der Waals surface area contributed by atoms with E-state index >= 15 is 0 Å². The Balaban J connectivity index is 1.79. The molecular weight excluding hydrogens is 416 g/mol. The summed E-state index contributed by atoms with van der Waals surface area (Å²) in [7, 11) is -2.15. The maximum atomic E-state index is 13.0. The quantitative estimate of drug-likeness (QED) is 0.666. The van der Waals surface area contributed by atoms with E-state index in [-0.39, 0.29) is 4.90 Å². The van der Waals surface area contributed by atoms with Crippen LogP contribution in [0.1, 0.15) is 38.7 Å². The molecule has 0 aliphatic carbocycles. The van der Waals surface area contributed by atoms with Gasteiger partial charge < -0.3 is 14.8 Å². The minimum absolute atomic E-state index is 0.135. The molecule has 2 aromatic rings. The van der Waals surface area contributed by atoms with E-state index in [4.69, 9.17) is 9.47 Å². The molecule has 1 saturated heterocycles. The summed E-state index contributed by atoms with van der Waals surface area (Å²) in [5.74, 6) is 0.643. The maximum absolute atomic E-state index is 13.0. The molecule has 1 aliphatic heterocycles. The molecule has 1 amide bonds. The summed E-state index contributed by atoms with van der Waals surface area (Å²) < 4.78 is 38.7. The second kappa shape index (κ2) is 10.2. The number of carbonyl (C=O) groups excluding carboxylic acids is 1. The number of hydrogen-bond donors (Lipinski definition) is 1. The number of ether oxygens (including phenoxy) is 2. The Kier molecular flexibility index (Phi) is 7.56. The SMILES string of the molecule is CCc1ccccc1O[C@@H](C)C(=O)Nc1cc(S(=O)(=O)N2CCCCC2)ccc1OC. The van der Waals surface area contributed by atoms with E-state index in [0.717, 1.165) is 31.2 Å². The highest BCUT2D eigenvalue weighted by Gasteiger charge is 2.27. The van der Waals surface area contributed by atoms with Gasteiger partial charge in [0, 0.05) is 13.1 Å². The molecule has 0 aromatic heterocycles. The number of para-hydroxylation sites is 1. The van der Waals surface area contributed by atoms with Gasteiger partial charge in [0.05, 0.1) is 17.7 Å². The lowest BCUT2D eigenvalue weighted by molar-refractivity contribution is -0.122. The number of sulfonamides is 1. The number of hydrogen-bond acceptors (Lipinski definition) is 5. The van der Waals surface area contributed by atoms with Gasteiger partial charge in [-0.2, -0.15) is 4.31 Å². The lowest BCUT2D eigenvalue weighted by Crippen LogP contribution is -2.35. The van der Waals surface area contributed by atoms with Crippen molar-refractivity contribution in [3.63, 3.8) is 0 Å². The predicted octanol–water partition coefficient (Wildman–Crippen LogP) is 3.84. The van der Waals surface area contributed by atoms with E-state index < -0.39 is 22.0 Å². The first-order chi connectivity index (χ1) is 14.9. The molecular formula is C23H30N2O5S. The van der Waals surface area contributed by atoms with Gasteiger partial charge in [-0.15, -0.1) is 0 Å². The average molecular weight is 447 g/mol. The molecule has 8 heteroatoms. The Morgan fingerprint density at radius 2 is 1.81 bits per heavy atom. The number of carbonyl (C=O) groups is 1. The van der Waals surface area contributed by atoms with Gasteiger partial charge in [-0.25, -0.2) is 8.42 Å². The maximum Gasteiger partial charge on any atom is 0.265 e. The third-order valence-electron chi connectivity index (χ3n) is 5.41. The third-order valence-corrected chi connectivity index (χ3v) is 7.30. The Morgan fingerprint density at radius 3 is 2.48 bits per heavy atom. The highest BCUT2D eigenvalue weighted by Crippen LogP contribution is 2.30. The Hall–Kier alpha value is -2.58. The Morgan fingerprint density at radius 1 is 1.10 bits per heavy atom. The number of benzene rings is 2. The van der Waals surface area contributed by atoms with Gasteiger partial charge in [0.2, 0.25) is 10.0 Å². The van der Waals surface area contributed by atoms with Crippen LogP contribution < -0.4 is 14.8 Å². The van der Waals surface area contributed by atoms with Crippen LogP contribution in [0.4, 0.5) is 5.69 Å². The van der Waals surface area contributed by atoms with Gasteiger partial charge in [0.15, 0.2) is 6.10 Å². The fourth-order valence-electron chi connectivity index (χ4n) is 3.59. The van der Waals surface area contributed by atoms with Crippen molar-refractivity contribution in [3.05, 3.63) is 48.0 Å². The van der Waals surface area contributed by atoms with Gasteiger partial charge in [0.1, 0.15) is 11.5 Å².